The van der Waals surface area contributed by atoms with E-state index in [1.54, 1.807) is 30.3 Å². The van der Waals surface area contributed by atoms with Crippen molar-refractivity contribution in [3.8, 4) is 11.5 Å². The van der Waals surface area contributed by atoms with Gasteiger partial charge in [-0.15, -0.1) is 0 Å². The van der Waals surface area contributed by atoms with Gasteiger partial charge in [0.25, 0.3) is 11.8 Å². The van der Waals surface area contributed by atoms with Crippen molar-refractivity contribution in [2.45, 2.75) is 0 Å². The van der Waals surface area contributed by atoms with E-state index in [1.807, 2.05) is 0 Å². The summed E-state index contributed by atoms with van der Waals surface area (Å²) in [5.41, 5.74) is 5.30. The molecule has 0 unspecified atom stereocenters. The molecule has 0 heterocycles. The molecular weight excluding hydrogens is 320 g/mol. The lowest BCUT2D eigenvalue weighted by Gasteiger charge is -2.12. The zero-order valence-corrected chi connectivity index (χ0v) is 13.3. The Morgan fingerprint density at radius 1 is 0.913 bits per heavy atom. The van der Waals surface area contributed by atoms with Gasteiger partial charge in [0, 0.05) is 11.1 Å². The van der Waals surface area contributed by atoms with Gasteiger partial charge >= 0.3 is 0 Å². The molecule has 0 radical (unpaired) electrons. The molecule has 0 spiro atoms. The zero-order chi connectivity index (χ0) is 16.8. The zero-order valence-electron chi connectivity index (χ0n) is 12.6. The molecule has 0 saturated heterocycles. The van der Waals surface area contributed by atoms with Gasteiger partial charge in [-0.1, -0.05) is 29.8 Å². The average Bonchev–Trinajstić information content (AvgIpc) is 2.59. The summed E-state index contributed by atoms with van der Waals surface area (Å²) in [6, 6.07) is 11.4. The molecule has 120 valence electrons. The Bertz CT molecular complexity index is 720. The predicted octanol–water partition coefficient (Wildman–Crippen LogP) is 2.43. The van der Waals surface area contributed by atoms with Gasteiger partial charge in [0.1, 0.15) is 0 Å². The van der Waals surface area contributed by atoms with E-state index in [0.717, 1.165) is 0 Å². The first-order chi connectivity index (χ1) is 11.1. The highest BCUT2D eigenvalue weighted by molar-refractivity contribution is 6.32. The van der Waals surface area contributed by atoms with E-state index in [9.17, 15) is 9.59 Å². The van der Waals surface area contributed by atoms with Crippen LogP contribution in [-0.4, -0.2) is 26.0 Å². The number of benzene rings is 2. The number of amides is 2. The largest absolute Gasteiger partial charge is 0.493 e. The lowest BCUT2D eigenvalue weighted by Crippen LogP contribution is -2.41. The minimum Gasteiger partial charge on any atom is -0.493 e. The van der Waals surface area contributed by atoms with Gasteiger partial charge in [0.15, 0.2) is 11.5 Å². The lowest BCUT2D eigenvalue weighted by atomic mass is 10.2. The number of hydrogen-bond donors (Lipinski definition) is 2. The van der Waals surface area contributed by atoms with Crippen LogP contribution in [0.15, 0.2) is 42.5 Å². The lowest BCUT2D eigenvalue weighted by molar-refractivity contribution is 0.0846. The van der Waals surface area contributed by atoms with Gasteiger partial charge < -0.3 is 9.47 Å². The smallest absolute Gasteiger partial charge is 0.269 e. The molecule has 23 heavy (non-hydrogen) atoms. The van der Waals surface area contributed by atoms with Gasteiger partial charge in [-0.05, 0) is 24.3 Å². The summed E-state index contributed by atoms with van der Waals surface area (Å²) in [4.78, 5) is 24.0. The summed E-state index contributed by atoms with van der Waals surface area (Å²) in [5, 5.41) is 0.228. The highest BCUT2D eigenvalue weighted by Crippen LogP contribution is 2.35. The minimum absolute atomic E-state index is 0.223. The average molecular weight is 335 g/mol. The summed E-state index contributed by atoms with van der Waals surface area (Å²) in [6.07, 6.45) is 0. The number of carbonyl (C=O) groups excluding carboxylic acids is 2. The number of rotatable bonds is 4. The van der Waals surface area contributed by atoms with Crippen LogP contribution in [-0.2, 0) is 0 Å². The third-order valence-corrected chi connectivity index (χ3v) is 3.30. The van der Waals surface area contributed by atoms with Gasteiger partial charge in [0.05, 0.1) is 19.2 Å². The first kappa shape index (κ1) is 16.6. The van der Waals surface area contributed by atoms with Crippen molar-refractivity contribution < 1.29 is 19.1 Å². The molecule has 2 amide bonds. The van der Waals surface area contributed by atoms with Crippen molar-refractivity contribution in [2.75, 3.05) is 14.2 Å². The van der Waals surface area contributed by atoms with E-state index in [1.165, 1.54) is 26.4 Å². The maximum absolute atomic E-state index is 12.1. The normalized spacial score (nSPS) is 9.87. The summed E-state index contributed by atoms with van der Waals surface area (Å²) in [5.74, 6) is -0.304. The fourth-order valence-corrected chi connectivity index (χ4v) is 2.18. The second-order valence-corrected chi connectivity index (χ2v) is 4.88. The van der Waals surface area contributed by atoms with Crippen LogP contribution in [0, 0.1) is 0 Å². The quantitative estimate of drug-likeness (QED) is 0.842. The number of carbonyl (C=O) groups is 2. The monoisotopic (exact) mass is 334 g/mol. The fourth-order valence-electron chi connectivity index (χ4n) is 1.90. The number of ether oxygens (including phenoxy) is 2. The summed E-state index contributed by atoms with van der Waals surface area (Å²) >= 11 is 6.04. The SMILES string of the molecule is COc1cc(C(=O)NNC(=O)c2ccccc2)cc(Cl)c1OC. The van der Waals surface area contributed by atoms with E-state index in [0.29, 0.717) is 17.1 Å². The fraction of sp³-hybridized carbons (Fsp3) is 0.125. The van der Waals surface area contributed by atoms with E-state index < -0.39 is 11.8 Å². The Balaban J connectivity index is 2.09. The van der Waals surface area contributed by atoms with Crippen molar-refractivity contribution >= 4 is 23.4 Å². The van der Waals surface area contributed by atoms with Crippen molar-refractivity contribution in [3.05, 3.63) is 58.6 Å². The number of halogens is 1. The van der Waals surface area contributed by atoms with Crippen molar-refractivity contribution in [3.63, 3.8) is 0 Å². The second-order valence-electron chi connectivity index (χ2n) is 4.47. The summed E-state index contributed by atoms with van der Waals surface area (Å²) in [7, 11) is 2.89. The van der Waals surface area contributed by atoms with Gasteiger partial charge in [0.2, 0.25) is 0 Å². The molecule has 0 fully saturated rings. The molecule has 0 saturated carbocycles. The predicted molar refractivity (Wildman–Crippen MR) is 85.9 cm³/mol. The highest BCUT2D eigenvalue weighted by atomic mass is 35.5. The Morgan fingerprint density at radius 3 is 2.09 bits per heavy atom. The number of methoxy groups -OCH3 is 2. The maximum atomic E-state index is 12.1. The van der Waals surface area contributed by atoms with Gasteiger partial charge in [-0.3, -0.25) is 20.4 Å². The molecule has 2 N–H and O–H groups in total. The number of nitrogens with one attached hydrogen (secondary N) is 2. The Kier molecular flexibility index (Phi) is 5.43. The van der Waals surface area contributed by atoms with E-state index >= 15 is 0 Å². The first-order valence-corrected chi connectivity index (χ1v) is 7.02. The minimum atomic E-state index is -0.530. The molecule has 0 aliphatic carbocycles. The molecule has 2 rings (SSSR count). The van der Waals surface area contributed by atoms with Crippen molar-refractivity contribution in [1.82, 2.24) is 10.9 Å². The van der Waals surface area contributed by atoms with Crippen molar-refractivity contribution in [1.29, 1.82) is 0 Å². The van der Waals surface area contributed by atoms with Crippen LogP contribution in [0.2, 0.25) is 5.02 Å². The van der Waals surface area contributed by atoms with Crippen LogP contribution >= 0.6 is 11.6 Å². The molecule has 0 atom stereocenters. The molecule has 0 aliphatic heterocycles. The van der Waals surface area contributed by atoms with Crippen LogP contribution in [0.25, 0.3) is 0 Å². The van der Waals surface area contributed by atoms with Crippen LogP contribution < -0.4 is 20.3 Å². The molecule has 7 heteroatoms. The topological polar surface area (TPSA) is 76.7 Å². The molecular formula is C16H15ClN2O4. The molecule has 0 aromatic heterocycles. The Labute approximate surface area is 138 Å². The van der Waals surface area contributed by atoms with Crippen LogP contribution in [0.4, 0.5) is 0 Å². The Hall–Kier alpha value is -2.73. The second kappa shape index (κ2) is 7.51. The van der Waals surface area contributed by atoms with Gasteiger partial charge in [-0.25, -0.2) is 0 Å². The van der Waals surface area contributed by atoms with Crippen LogP contribution in [0.5, 0.6) is 11.5 Å². The summed E-state index contributed by atoms with van der Waals surface area (Å²) in [6.45, 7) is 0. The third-order valence-electron chi connectivity index (χ3n) is 3.02. The maximum Gasteiger partial charge on any atom is 0.269 e. The van der Waals surface area contributed by atoms with Crippen molar-refractivity contribution in [2.24, 2.45) is 0 Å². The van der Waals surface area contributed by atoms with E-state index in [2.05, 4.69) is 10.9 Å². The summed E-state index contributed by atoms with van der Waals surface area (Å²) < 4.78 is 10.2. The number of hydrazine groups is 1. The van der Waals surface area contributed by atoms with E-state index in [4.69, 9.17) is 21.1 Å². The van der Waals surface area contributed by atoms with Crippen LogP contribution in [0.3, 0.4) is 0 Å². The molecule has 2 aromatic carbocycles. The molecule has 2 aromatic rings. The molecule has 0 aliphatic rings. The van der Waals surface area contributed by atoms with Crippen LogP contribution in [0.1, 0.15) is 20.7 Å². The Morgan fingerprint density at radius 2 is 1.52 bits per heavy atom. The first-order valence-electron chi connectivity index (χ1n) is 6.64. The number of hydrogen-bond acceptors (Lipinski definition) is 4. The van der Waals surface area contributed by atoms with Gasteiger partial charge in [-0.2, -0.15) is 0 Å². The highest BCUT2D eigenvalue weighted by Gasteiger charge is 2.15. The standard InChI is InChI=1S/C16H15ClN2O4/c1-22-13-9-11(8-12(17)14(13)23-2)16(21)19-18-15(20)10-6-4-3-5-7-10/h3-9H,1-2H3,(H,18,20)(H,19,21). The molecule has 6 nitrogen and oxygen atoms in total. The molecule has 0 bridgehead atoms. The third kappa shape index (κ3) is 3.92. The van der Waals surface area contributed by atoms with E-state index in [-0.39, 0.29) is 10.6 Å².